The van der Waals surface area contributed by atoms with Gasteiger partial charge in [-0.2, -0.15) is 0 Å². The summed E-state index contributed by atoms with van der Waals surface area (Å²) in [6.07, 6.45) is -8.06. The summed E-state index contributed by atoms with van der Waals surface area (Å²) < 4.78 is 23.2. The Morgan fingerprint density at radius 1 is 0.878 bits per heavy atom. The number of nitrogens with one attached hydrogen (secondary N) is 3. The molecule has 3 aromatic carbocycles. The van der Waals surface area contributed by atoms with Gasteiger partial charge in [0.15, 0.2) is 23.6 Å². The summed E-state index contributed by atoms with van der Waals surface area (Å²) in [6.45, 7) is 3.50. The van der Waals surface area contributed by atoms with Crippen LogP contribution in [0.4, 0.5) is 4.79 Å². The number of rotatable bonds is 24. The van der Waals surface area contributed by atoms with Crippen molar-refractivity contribution in [3.63, 3.8) is 0 Å². The lowest BCUT2D eigenvalue weighted by Gasteiger charge is -2.42. The number of esters is 1. The number of aromatic hydroxyl groups is 2. The fraction of sp³-hybridized carbons (Fsp3) is 0.482. The van der Waals surface area contributed by atoms with E-state index in [1.807, 2.05) is 0 Å². The highest BCUT2D eigenvalue weighted by Gasteiger charge is 2.50. The van der Waals surface area contributed by atoms with E-state index in [9.17, 15) is 78.3 Å². The molecular formula is C56H65N5O21. The predicted octanol–water partition coefficient (Wildman–Crippen LogP) is 0.997. The number of imide groups is 1. The van der Waals surface area contributed by atoms with Crippen molar-refractivity contribution in [3.05, 3.63) is 87.0 Å². The minimum absolute atomic E-state index is 0.0209. The van der Waals surface area contributed by atoms with Crippen LogP contribution in [0.3, 0.4) is 0 Å². The average Bonchev–Trinajstić information content (AvgIpc) is 1.51. The molecule has 4 aliphatic rings. The normalized spacial score (nSPS) is 21.8. The van der Waals surface area contributed by atoms with Gasteiger partial charge >= 0.3 is 18.0 Å². The number of aliphatic hydroxyl groups excluding tert-OH is 2. The van der Waals surface area contributed by atoms with E-state index in [4.69, 9.17) is 29.5 Å². The highest BCUT2D eigenvalue weighted by Crippen LogP contribution is 2.53. The molecule has 6 amide bonds. The van der Waals surface area contributed by atoms with Crippen molar-refractivity contribution in [1.29, 1.82) is 0 Å². The first-order valence-electron chi connectivity index (χ1n) is 26.5. The number of methoxy groups -OCH3 is 1. The maximum absolute atomic E-state index is 14.1. The van der Waals surface area contributed by atoms with Gasteiger partial charge in [0.1, 0.15) is 42.1 Å². The first-order valence-corrected chi connectivity index (χ1v) is 26.5. The minimum Gasteiger partial charge on any atom is -0.507 e. The molecule has 0 aromatic heterocycles. The maximum atomic E-state index is 14.1. The number of hydroxylamine groups is 2. The van der Waals surface area contributed by atoms with E-state index in [0.717, 1.165) is 0 Å². The molecule has 0 saturated carbocycles. The molecule has 2 saturated heterocycles. The lowest BCUT2D eigenvalue weighted by atomic mass is 9.72. The van der Waals surface area contributed by atoms with Gasteiger partial charge in [-0.25, -0.2) is 9.59 Å². The highest BCUT2D eigenvalue weighted by molar-refractivity contribution is 6.31. The molecule has 26 nitrogen and oxygen atoms in total. The van der Waals surface area contributed by atoms with E-state index in [1.54, 1.807) is 38.1 Å². The number of carbonyl (C=O) groups excluding carboxylic acids is 11. The number of urea groups is 1. The number of carbonyl (C=O) groups is 11. The number of hydrogen-bond acceptors (Lipinski definition) is 21. The second-order valence-corrected chi connectivity index (χ2v) is 20.9. The zero-order valence-corrected chi connectivity index (χ0v) is 45.4. The summed E-state index contributed by atoms with van der Waals surface area (Å²) in [5.41, 5.74) is 1.80. The van der Waals surface area contributed by atoms with Gasteiger partial charge in [0.25, 0.3) is 11.8 Å². The van der Waals surface area contributed by atoms with E-state index < -0.39 is 174 Å². The quantitative estimate of drug-likeness (QED) is 0.0204. The largest absolute Gasteiger partial charge is 0.507 e. The molecule has 2 heterocycles. The van der Waals surface area contributed by atoms with Gasteiger partial charge in [0, 0.05) is 74.1 Å². The molecule has 0 spiro atoms. The first kappa shape index (κ1) is 61.4. The van der Waals surface area contributed by atoms with E-state index in [1.165, 1.54) is 32.2 Å². The number of ketones is 4. The van der Waals surface area contributed by atoms with Gasteiger partial charge < -0.3 is 71.0 Å². The summed E-state index contributed by atoms with van der Waals surface area (Å²) in [6, 6.07) is 7.58. The van der Waals surface area contributed by atoms with Crippen molar-refractivity contribution in [1.82, 2.24) is 21.0 Å². The van der Waals surface area contributed by atoms with Crippen LogP contribution in [0.2, 0.25) is 0 Å². The third-order valence-electron chi connectivity index (χ3n) is 14.8. The number of hydrogen-bond donors (Lipinski definition) is 9. The molecule has 8 atom stereocenters. The molecule has 26 heteroatoms. The van der Waals surface area contributed by atoms with Gasteiger partial charge in [-0.15, -0.1) is 5.06 Å². The third kappa shape index (κ3) is 13.8. The number of nitrogens with two attached hydrogens (primary N) is 1. The lowest BCUT2D eigenvalue weighted by molar-refractivity contribution is -0.257. The number of aliphatic hydroxyl groups is 3. The molecule has 82 heavy (non-hydrogen) atoms. The van der Waals surface area contributed by atoms with Crippen molar-refractivity contribution in [2.45, 2.75) is 140 Å². The number of primary amides is 1. The Morgan fingerprint density at radius 3 is 2.20 bits per heavy atom. The third-order valence-corrected chi connectivity index (χ3v) is 14.8. The molecule has 2 aliphatic heterocycles. The lowest BCUT2D eigenvalue weighted by Crippen LogP contribution is -2.54. The Kier molecular flexibility index (Phi) is 19.6. The number of fused-ring (bicyclic) bond motifs is 3. The average molecular weight is 1140 g/mol. The second-order valence-electron chi connectivity index (χ2n) is 20.9. The zero-order valence-electron chi connectivity index (χ0n) is 45.4. The predicted molar refractivity (Wildman–Crippen MR) is 279 cm³/mol. The molecule has 0 radical (unpaired) electrons. The molecule has 440 valence electrons. The van der Waals surface area contributed by atoms with E-state index >= 15 is 0 Å². The van der Waals surface area contributed by atoms with Crippen molar-refractivity contribution in [2.75, 3.05) is 20.3 Å². The summed E-state index contributed by atoms with van der Waals surface area (Å²) in [4.78, 5) is 147. The fourth-order valence-corrected chi connectivity index (χ4v) is 10.4. The number of phenols is 2. The van der Waals surface area contributed by atoms with Crippen molar-refractivity contribution in [3.8, 4) is 17.2 Å². The van der Waals surface area contributed by atoms with E-state index in [2.05, 4.69) is 16.0 Å². The Morgan fingerprint density at radius 2 is 1.55 bits per heavy atom. The molecule has 2 fully saturated rings. The van der Waals surface area contributed by atoms with Crippen molar-refractivity contribution in [2.24, 2.45) is 17.6 Å². The summed E-state index contributed by atoms with van der Waals surface area (Å²) >= 11 is 0. The van der Waals surface area contributed by atoms with Gasteiger partial charge in [-0.3, -0.25) is 43.2 Å². The topological polar surface area (TPSA) is 400 Å². The van der Waals surface area contributed by atoms with Gasteiger partial charge in [-0.1, -0.05) is 50.2 Å². The van der Waals surface area contributed by atoms with Crippen LogP contribution in [-0.4, -0.2) is 152 Å². The number of ether oxygens (including phenoxy) is 4. The zero-order chi connectivity index (χ0) is 59.9. The van der Waals surface area contributed by atoms with Crippen molar-refractivity contribution >= 4 is 64.7 Å². The molecular weight excluding hydrogens is 1080 g/mol. The highest BCUT2D eigenvalue weighted by atomic mass is 16.7. The number of Topliss-reactive ketones (excluding diaryl/α,β-unsaturated/α-hetero) is 2. The number of amides is 6. The summed E-state index contributed by atoms with van der Waals surface area (Å²) in [5.74, 6) is -10.7. The Hall–Kier alpha value is -8.17. The maximum Gasteiger partial charge on any atom is 0.333 e. The first-order chi connectivity index (χ1) is 38.8. The molecule has 1 unspecified atom stereocenters. The minimum atomic E-state index is -2.41. The van der Waals surface area contributed by atoms with Crippen LogP contribution in [0.5, 0.6) is 17.2 Å². The second kappa shape index (κ2) is 26.2. The smallest absolute Gasteiger partial charge is 0.333 e. The van der Waals surface area contributed by atoms with Crippen LogP contribution >= 0.6 is 0 Å². The standard InChI is InChI=1S/C56H65N5O21/c1-26(2)48(60-38(65)14-17-41(68)82-61-39(66)15-16-40(61)67)54(75)59-33(8-6-18-58-55(57)76)34(63)19-28-10-12-29(13-11-28)25-79-42(69)20-30-21-43(80-27(3)49(30)70)81-36-23-56(77,37(64)24-62)22-32-45(36)53(74)47-46(51(32)72)50(71)31-7-5-9-35(78-4)44(31)52(47)73/h5,7,9-13,26-27,30,33,36,43,48-49,62,70,72,74,77H,6,8,14-25H2,1-4H3,(H,59,75)(H,60,65)(H3,57,58,76)/t27-,30-,33?,36-,43-,48-,49+,56-/m0/s1. The van der Waals surface area contributed by atoms with Crippen LogP contribution in [-0.2, 0) is 76.9 Å². The summed E-state index contributed by atoms with van der Waals surface area (Å²) in [7, 11) is 1.28. The van der Waals surface area contributed by atoms with Crippen LogP contribution in [0.25, 0.3) is 0 Å². The number of nitrogens with zero attached hydrogens (tertiary/aromatic N) is 1. The van der Waals surface area contributed by atoms with E-state index in [0.29, 0.717) is 16.2 Å². The van der Waals surface area contributed by atoms with Crippen LogP contribution in [0.15, 0.2) is 42.5 Å². The van der Waals surface area contributed by atoms with Gasteiger partial charge in [0.2, 0.25) is 17.6 Å². The van der Waals surface area contributed by atoms with Crippen LogP contribution < -0.4 is 26.4 Å². The number of benzene rings is 3. The Bertz CT molecular complexity index is 3040. The molecule has 7 rings (SSSR count). The Labute approximate surface area is 468 Å². The molecule has 10 N–H and O–H groups in total. The molecule has 3 aromatic rings. The van der Waals surface area contributed by atoms with Crippen molar-refractivity contribution < 1.29 is 102 Å². The monoisotopic (exact) mass is 1140 g/mol. The van der Waals surface area contributed by atoms with Gasteiger partial charge in [-0.05, 0) is 42.9 Å². The SMILES string of the molecule is COc1cccc2c1C(=O)c1c(O)c3c(c(O)c1C2=O)C[C@@](O)(C(=O)CO)C[C@@H]3O[C@H]1C[C@H](CC(=O)OCc2ccc(CC(=O)C(CCCNC(N)=O)NC(=O)[C@@H](NC(=O)CCC(=O)ON3C(=O)CCC3=O)C(C)C)cc2)[C@H](O)[C@H](C)O1. The molecule has 2 aliphatic carbocycles. The Balaban J connectivity index is 0.970. The van der Waals surface area contributed by atoms with Crippen LogP contribution in [0.1, 0.15) is 139 Å². The van der Waals surface area contributed by atoms with Crippen LogP contribution in [0, 0.1) is 11.8 Å². The summed E-state index contributed by atoms with van der Waals surface area (Å²) in [5, 5.41) is 64.3. The number of phenolic OH excluding ortho intramolecular Hbond substituents is 2. The fourth-order valence-electron chi connectivity index (χ4n) is 10.4. The van der Waals surface area contributed by atoms with Gasteiger partial charge in [0.05, 0.1) is 61.0 Å². The molecule has 0 bridgehead atoms. The van der Waals surface area contributed by atoms with E-state index in [-0.39, 0.29) is 86.1 Å².